The zero-order valence-electron chi connectivity index (χ0n) is 16.4. The number of rotatable bonds is 7. The third kappa shape index (κ3) is 5.32. The van der Waals surface area contributed by atoms with Crippen molar-refractivity contribution in [2.24, 2.45) is 16.5 Å². The van der Waals surface area contributed by atoms with Crippen LogP contribution in [-0.2, 0) is 22.6 Å². The van der Waals surface area contributed by atoms with Crippen LogP contribution >= 0.6 is 11.3 Å². The van der Waals surface area contributed by atoms with E-state index in [0.717, 1.165) is 16.0 Å². The van der Waals surface area contributed by atoms with E-state index >= 15 is 0 Å². The van der Waals surface area contributed by atoms with Crippen LogP contribution in [0, 0.1) is 5.41 Å². The minimum atomic E-state index is -0.259. The highest BCUT2D eigenvalue weighted by molar-refractivity contribution is 7.17. The molecule has 1 aromatic heterocycles. The monoisotopic (exact) mass is 424 g/mol. The lowest BCUT2D eigenvalue weighted by Gasteiger charge is -2.27. The Morgan fingerprint density at radius 2 is 2.03 bits per heavy atom. The van der Waals surface area contributed by atoms with Gasteiger partial charge in [-0.3, -0.25) is 14.6 Å². The van der Waals surface area contributed by atoms with E-state index in [1.807, 2.05) is 30.3 Å². The quantitative estimate of drug-likeness (QED) is 0.306. The van der Waals surface area contributed by atoms with Crippen molar-refractivity contribution in [1.29, 1.82) is 5.41 Å². The maximum atomic E-state index is 12.4. The molecule has 3 rings (SSSR count). The molecular formula is C21H24N6O2S. The molecule has 9 heteroatoms. The van der Waals surface area contributed by atoms with Crippen molar-refractivity contribution in [3.05, 3.63) is 58.0 Å². The van der Waals surface area contributed by atoms with Gasteiger partial charge in [-0.2, -0.15) is 0 Å². The van der Waals surface area contributed by atoms with Gasteiger partial charge in [0, 0.05) is 35.7 Å². The number of nitrogens with two attached hydrogens (primary N) is 2. The first-order valence-electron chi connectivity index (χ1n) is 9.50. The molecule has 0 radical (unpaired) electrons. The molecule has 2 amide bonds. The average molecular weight is 425 g/mol. The van der Waals surface area contributed by atoms with Gasteiger partial charge in [-0.15, -0.1) is 11.3 Å². The van der Waals surface area contributed by atoms with Gasteiger partial charge in [0.1, 0.15) is 5.00 Å². The van der Waals surface area contributed by atoms with E-state index in [9.17, 15) is 9.59 Å². The van der Waals surface area contributed by atoms with Crippen molar-refractivity contribution in [3.63, 3.8) is 0 Å². The van der Waals surface area contributed by atoms with E-state index < -0.39 is 0 Å². The predicted octanol–water partition coefficient (Wildman–Crippen LogP) is 1.95. The summed E-state index contributed by atoms with van der Waals surface area (Å²) in [5.41, 5.74) is 13.2. The summed E-state index contributed by atoms with van der Waals surface area (Å²) in [5, 5.41) is 11.3. The molecule has 8 nitrogen and oxygen atoms in total. The third-order valence-electron chi connectivity index (χ3n) is 4.68. The molecule has 0 unspecified atom stereocenters. The predicted molar refractivity (Wildman–Crippen MR) is 121 cm³/mol. The first-order chi connectivity index (χ1) is 14.5. The summed E-state index contributed by atoms with van der Waals surface area (Å²) in [5.74, 6) is -0.308. The topological polar surface area (TPSA) is 138 Å². The van der Waals surface area contributed by atoms with Crippen LogP contribution in [0.5, 0.6) is 0 Å². The summed E-state index contributed by atoms with van der Waals surface area (Å²) in [7, 11) is 0. The molecule has 0 atom stereocenters. The first-order valence-corrected chi connectivity index (χ1v) is 10.3. The minimum absolute atomic E-state index is 0.0215. The highest BCUT2D eigenvalue weighted by Gasteiger charge is 2.26. The molecule has 0 saturated carbocycles. The van der Waals surface area contributed by atoms with E-state index in [0.29, 0.717) is 30.1 Å². The number of guanidine groups is 1. The number of fused-ring (bicyclic) bond motifs is 1. The summed E-state index contributed by atoms with van der Waals surface area (Å²) in [4.78, 5) is 31.3. The molecule has 156 valence electrons. The summed E-state index contributed by atoms with van der Waals surface area (Å²) >= 11 is 1.41. The van der Waals surface area contributed by atoms with Gasteiger partial charge in [0.2, 0.25) is 11.8 Å². The van der Waals surface area contributed by atoms with Crippen LogP contribution < -0.4 is 16.8 Å². The van der Waals surface area contributed by atoms with Crippen molar-refractivity contribution in [3.8, 4) is 0 Å². The molecular weight excluding hydrogens is 400 g/mol. The number of thiophene rings is 1. The van der Waals surface area contributed by atoms with Crippen LogP contribution in [0.4, 0.5) is 5.00 Å². The van der Waals surface area contributed by atoms with Gasteiger partial charge in [0.25, 0.3) is 0 Å². The van der Waals surface area contributed by atoms with Crippen LogP contribution in [-0.4, -0.2) is 42.0 Å². The Hall–Kier alpha value is -3.46. The zero-order chi connectivity index (χ0) is 21.5. The average Bonchev–Trinajstić information content (AvgIpc) is 3.08. The maximum absolute atomic E-state index is 12.4. The van der Waals surface area contributed by atoms with E-state index in [1.165, 1.54) is 23.6 Å². The normalized spacial score (nSPS) is 13.0. The van der Waals surface area contributed by atoms with Crippen molar-refractivity contribution in [1.82, 2.24) is 4.90 Å². The fourth-order valence-electron chi connectivity index (χ4n) is 3.21. The lowest BCUT2D eigenvalue weighted by atomic mass is 10.0. The Kier molecular flexibility index (Phi) is 6.97. The van der Waals surface area contributed by atoms with Crippen LogP contribution in [0.2, 0.25) is 0 Å². The molecule has 1 aliphatic heterocycles. The molecule has 0 bridgehead atoms. The van der Waals surface area contributed by atoms with Gasteiger partial charge >= 0.3 is 0 Å². The largest absolute Gasteiger partial charge is 0.370 e. The van der Waals surface area contributed by atoms with E-state index in [1.54, 1.807) is 11.0 Å². The Balaban J connectivity index is 1.67. The van der Waals surface area contributed by atoms with Gasteiger partial charge in [0.05, 0.1) is 13.1 Å². The Morgan fingerprint density at radius 3 is 2.73 bits per heavy atom. The Morgan fingerprint density at radius 1 is 1.27 bits per heavy atom. The fourth-order valence-corrected chi connectivity index (χ4v) is 4.46. The summed E-state index contributed by atoms with van der Waals surface area (Å²) in [6.45, 7) is 1.28. The number of nitrogens with one attached hydrogen (secondary N) is 2. The molecule has 2 aromatic rings. The SMILES string of the molecule is N=Cc1c(NC(=O)/C=C/c2ccccc2)sc2c1CCN(C(=O)CCN=C(N)N)C2. The zero-order valence-corrected chi connectivity index (χ0v) is 17.2. The molecule has 1 aromatic carbocycles. The Labute approximate surface area is 178 Å². The van der Waals surface area contributed by atoms with Crippen LogP contribution in [0.3, 0.4) is 0 Å². The number of benzene rings is 1. The summed E-state index contributed by atoms with van der Waals surface area (Å²) in [6, 6.07) is 9.55. The molecule has 0 fully saturated rings. The lowest BCUT2D eigenvalue weighted by Crippen LogP contribution is -2.36. The highest BCUT2D eigenvalue weighted by atomic mass is 32.1. The van der Waals surface area contributed by atoms with Gasteiger partial charge in [-0.1, -0.05) is 30.3 Å². The molecule has 30 heavy (non-hydrogen) atoms. The summed E-state index contributed by atoms with van der Waals surface area (Å²) < 4.78 is 0. The number of nitrogens with zero attached hydrogens (tertiary/aromatic N) is 2. The maximum Gasteiger partial charge on any atom is 0.249 e. The number of aliphatic imine (C=N–C) groups is 1. The highest BCUT2D eigenvalue weighted by Crippen LogP contribution is 2.36. The van der Waals surface area contributed by atoms with E-state index in [-0.39, 0.29) is 30.7 Å². The number of hydrogen-bond acceptors (Lipinski definition) is 5. The molecule has 0 aliphatic carbocycles. The minimum Gasteiger partial charge on any atom is -0.370 e. The second-order valence-corrected chi connectivity index (χ2v) is 7.85. The molecule has 1 aliphatic rings. The van der Waals surface area contributed by atoms with Crippen LogP contribution in [0.15, 0.2) is 41.4 Å². The smallest absolute Gasteiger partial charge is 0.249 e. The van der Waals surface area contributed by atoms with Crippen molar-refractivity contribution in [2.75, 3.05) is 18.4 Å². The molecule has 6 N–H and O–H groups in total. The first kappa shape index (κ1) is 21.3. The molecule has 0 spiro atoms. The summed E-state index contributed by atoms with van der Waals surface area (Å²) in [6.07, 6.45) is 5.36. The fraction of sp³-hybridized carbons (Fsp3) is 0.238. The van der Waals surface area contributed by atoms with Crippen molar-refractivity contribution in [2.45, 2.75) is 19.4 Å². The van der Waals surface area contributed by atoms with E-state index in [4.69, 9.17) is 16.9 Å². The van der Waals surface area contributed by atoms with Crippen LogP contribution in [0.25, 0.3) is 6.08 Å². The van der Waals surface area contributed by atoms with Gasteiger partial charge in [-0.25, -0.2) is 0 Å². The second-order valence-electron chi connectivity index (χ2n) is 6.75. The lowest BCUT2D eigenvalue weighted by molar-refractivity contribution is -0.131. The van der Waals surface area contributed by atoms with Gasteiger partial charge in [0.15, 0.2) is 5.96 Å². The van der Waals surface area contributed by atoms with Gasteiger partial charge in [-0.05, 0) is 23.6 Å². The number of carbonyl (C=O) groups is 2. The van der Waals surface area contributed by atoms with Crippen molar-refractivity contribution < 1.29 is 9.59 Å². The van der Waals surface area contributed by atoms with Crippen LogP contribution in [0.1, 0.15) is 28.0 Å². The number of hydrogen-bond donors (Lipinski definition) is 4. The second kappa shape index (κ2) is 9.84. The number of amides is 2. The van der Waals surface area contributed by atoms with Crippen molar-refractivity contribution >= 4 is 46.4 Å². The molecule has 0 saturated heterocycles. The standard InChI is InChI=1S/C21H24N6O2S/c22-12-16-15-9-11-27(19(29)8-10-25-21(23)24)13-17(15)30-20(16)26-18(28)7-6-14-4-2-1-3-5-14/h1-7,12,22H,8-11,13H2,(H,26,28)(H4,23,24,25)/b7-6+,22-12?. The van der Waals surface area contributed by atoms with Gasteiger partial charge < -0.3 is 27.1 Å². The van der Waals surface area contributed by atoms with E-state index in [2.05, 4.69) is 10.3 Å². The molecule has 2 heterocycles. The number of anilines is 1. The third-order valence-corrected chi connectivity index (χ3v) is 5.83. The number of carbonyl (C=O) groups excluding carboxylic acids is 2. The Bertz CT molecular complexity index is 992.